The quantitative estimate of drug-likeness (QED) is 0.798. The Labute approximate surface area is 85.5 Å². The molecule has 14 heavy (non-hydrogen) atoms. The van der Waals surface area contributed by atoms with E-state index in [1.807, 2.05) is 39.0 Å². The standard InChI is InChI=1S/C12H18O2/c1-4-11(13)10-7-6-9(3)12(8-10)14-5-2/h6-8,11,13H,4-5H2,1-3H3. The molecular weight excluding hydrogens is 176 g/mol. The van der Waals surface area contributed by atoms with Crippen LogP contribution < -0.4 is 4.74 Å². The third-order valence-corrected chi connectivity index (χ3v) is 2.28. The SMILES string of the molecule is CCOc1cc(C(O)CC)ccc1C. The molecule has 0 saturated heterocycles. The van der Waals surface area contributed by atoms with E-state index in [4.69, 9.17) is 4.74 Å². The summed E-state index contributed by atoms with van der Waals surface area (Å²) in [5, 5.41) is 9.66. The van der Waals surface area contributed by atoms with Crippen molar-refractivity contribution in [2.75, 3.05) is 6.61 Å². The van der Waals surface area contributed by atoms with Gasteiger partial charge in [-0.05, 0) is 37.5 Å². The van der Waals surface area contributed by atoms with E-state index in [2.05, 4.69) is 0 Å². The van der Waals surface area contributed by atoms with Crippen LogP contribution in [0.25, 0.3) is 0 Å². The summed E-state index contributed by atoms with van der Waals surface area (Å²) in [5.41, 5.74) is 2.04. The first-order valence-corrected chi connectivity index (χ1v) is 5.10. The molecule has 0 bridgehead atoms. The van der Waals surface area contributed by atoms with E-state index in [9.17, 15) is 5.11 Å². The van der Waals surface area contributed by atoms with Crippen molar-refractivity contribution in [2.45, 2.75) is 33.3 Å². The van der Waals surface area contributed by atoms with Crippen molar-refractivity contribution in [3.05, 3.63) is 29.3 Å². The molecule has 0 amide bonds. The third-order valence-electron chi connectivity index (χ3n) is 2.28. The highest BCUT2D eigenvalue weighted by atomic mass is 16.5. The summed E-state index contributed by atoms with van der Waals surface area (Å²) in [6.45, 7) is 6.59. The molecule has 0 aliphatic carbocycles. The second kappa shape index (κ2) is 5.01. The molecule has 1 unspecified atom stereocenters. The van der Waals surface area contributed by atoms with Crippen LogP contribution >= 0.6 is 0 Å². The van der Waals surface area contributed by atoms with Crippen molar-refractivity contribution in [3.63, 3.8) is 0 Å². The minimum atomic E-state index is -0.380. The zero-order valence-electron chi connectivity index (χ0n) is 9.08. The van der Waals surface area contributed by atoms with Gasteiger partial charge in [-0.3, -0.25) is 0 Å². The summed E-state index contributed by atoms with van der Waals surface area (Å²) in [6, 6.07) is 5.86. The molecule has 2 heteroatoms. The second-order valence-corrected chi connectivity index (χ2v) is 3.38. The van der Waals surface area contributed by atoms with Gasteiger partial charge in [-0.1, -0.05) is 19.1 Å². The predicted molar refractivity (Wildman–Crippen MR) is 57.6 cm³/mol. The lowest BCUT2D eigenvalue weighted by molar-refractivity contribution is 0.173. The van der Waals surface area contributed by atoms with Gasteiger partial charge in [-0.25, -0.2) is 0 Å². The molecule has 1 aromatic rings. The average molecular weight is 194 g/mol. The molecule has 1 rings (SSSR count). The van der Waals surface area contributed by atoms with Gasteiger partial charge >= 0.3 is 0 Å². The number of rotatable bonds is 4. The number of aryl methyl sites for hydroxylation is 1. The summed E-state index contributed by atoms with van der Waals surface area (Å²) in [5.74, 6) is 0.873. The Morgan fingerprint density at radius 3 is 2.64 bits per heavy atom. The highest BCUT2D eigenvalue weighted by molar-refractivity contribution is 5.37. The summed E-state index contributed by atoms with van der Waals surface area (Å²) >= 11 is 0. The maximum absolute atomic E-state index is 9.66. The normalized spacial score (nSPS) is 12.6. The molecule has 0 heterocycles. The molecule has 1 atom stereocenters. The van der Waals surface area contributed by atoms with Gasteiger partial charge in [-0.15, -0.1) is 0 Å². The van der Waals surface area contributed by atoms with Crippen molar-refractivity contribution >= 4 is 0 Å². The molecule has 0 saturated carbocycles. The van der Waals surface area contributed by atoms with Crippen LogP contribution in [0.15, 0.2) is 18.2 Å². The lowest BCUT2D eigenvalue weighted by Crippen LogP contribution is -1.99. The van der Waals surface area contributed by atoms with E-state index in [1.165, 1.54) is 0 Å². The van der Waals surface area contributed by atoms with Crippen LogP contribution in [0.2, 0.25) is 0 Å². The van der Waals surface area contributed by atoms with Crippen LogP contribution in [0.4, 0.5) is 0 Å². The van der Waals surface area contributed by atoms with Crippen molar-refractivity contribution in [1.82, 2.24) is 0 Å². The Kier molecular flexibility index (Phi) is 3.96. The van der Waals surface area contributed by atoms with E-state index in [-0.39, 0.29) is 6.10 Å². The zero-order valence-corrected chi connectivity index (χ0v) is 9.08. The van der Waals surface area contributed by atoms with Crippen LogP contribution in [0.3, 0.4) is 0 Å². The minimum absolute atomic E-state index is 0.380. The summed E-state index contributed by atoms with van der Waals surface area (Å²) in [7, 11) is 0. The Balaban J connectivity index is 2.93. The van der Waals surface area contributed by atoms with Crippen molar-refractivity contribution in [1.29, 1.82) is 0 Å². The van der Waals surface area contributed by atoms with Crippen molar-refractivity contribution < 1.29 is 9.84 Å². The number of hydrogen-bond donors (Lipinski definition) is 1. The molecule has 1 N–H and O–H groups in total. The van der Waals surface area contributed by atoms with Crippen LogP contribution in [0.5, 0.6) is 5.75 Å². The number of hydrogen-bond acceptors (Lipinski definition) is 2. The highest BCUT2D eigenvalue weighted by Gasteiger charge is 2.07. The van der Waals surface area contributed by atoms with E-state index < -0.39 is 0 Å². The molecule has 0 spiro atoms. The van der Waals surface area contributed by atoms with Gasteiger partial charge in [-0.2, -0.15) is 0 Å². The molecule has 0 aliphatic rings. The number of ether oxygens (including phenoxy) is 1. The Hall–Kier alpha value is -1.02. The predicted octanol–water partition coefficient (Wildman–Crippen LogP) is 2.84. The van der Waals surface area contributed by atoms with E-state index >= 15 is 0 Å². The molecule has 1 aromatic carbocycles. The third kappa shape index (κ3) is 2.48. The molecule has 0 aromatic heterocycles. The largest absolute Gasteiger partial charge is 0.494 e. The van der Waals surface area contributed by atoms with E-state index in [0.717, 1.165) is 23.3 Å². The second-order valence-electron chi connectivity index (χ2n) is 3.38. The van der Waals surface area contributed by atoms with Gasteiger partial charge in [0.05, 0.1) is 12.7 Å². The van der Waals surface area contributed by atoms with Crippen LogP contribution in [-0.4, -0.2) is 11.7 Å². The van der Waals surface area contributed by atoms with Gasteiger partial charge in [0.2, 0.25) is 0 Å². The van der Waals surface area contributed by atoms with Crippen LogP contribution in [0.1, 0.15) is 37.5 Å². The van der Waals surface area contributed by atoms with Gasteiger partial charge in [0.1, 0.15) is 5.75 Å². The summed E-state index contributed by atoms with van der Waals surface area (Å²) < 4.78 is 5.46. The molecule has 0 radical (unpaired) electrons. The maximum Gasteiger partial charge on any atom is 0.122 e. The number of aliphatic hydroxyl groups is 1. The fourth-order valence-electron chi connectivity index (χ4n) is 1.37. The minimum Gasteiger partial charge on any atom is -0.494 e. The topological polar surface area (TPSA) is 29.5 Å². The average Bonchev–Trinajstić information content (AvgIpc) is 2.20. The maximum atomic E-state index is 9.66. The lowest BCUT2D eigenvalue weighted by Gasteiger charge is -2.12. The fraction of sp³-hybridized carbons (Fsp3) is 0.500. The van der Waals surface area contributed by atoms with Gasteiger partial charge in [0.15, 0.2) is 0 Å². The van der Waals surface area contributed by atoms with E-state index in [1.54, 1.807) is 0 Å². The molecule has 0 aliphatic heterocycles. The van der Waals surface area contributed by atoms with Gasteiger partial charge < -0.3 is 9.84 Å². The number of benzene rings is 1. The number of aliphatic hydroxyl groups excluding tert-OH is 1. The summed E-state index contributed by atoms with van der Waals surface area (Å²) in [4.78, 5) is 0. The lowest BCUT2D eigenvalue weighted by atomic mass is 10.0. The summed E-state index contributed by atoms with van der Waals surface area (Å²) in [6.07, 6.45) is 0.351. The van der Waals surface area contributed by atoms with Crippen molar-refractivity contribution in [2.24, 2.45) is 0 Å². The Morgan fingerprint density at radius 1 is 1.36 bits per heavy atom. The first-order chi connectivity index (χ1) is 6.69. The first-order valence-electron chi connectivity index (χ1n) is 5.10. The smallest absolute Gasteiger partial charge is 0.122 e. The van der Waals surface area contributed by atoms with Gasteiger partial charge in [0, 0.05) is 0 Å². The van der Waals surface area contributed by atoms with Gasteiger partial charge in [0.25, 0.3) is 0 Å². The monoisotopic (exact) mass is 194 g/mol. The fourth-order valence-corrected chi connectivity index (χ4v) is 1.37. The van der Waals surface area contributed by atoms with Crippen LogP contribution in [0, 0.1) is 6.92 Å². The first kappa shape index (κ1) is 11.1. The highest BCUT2D eigenvalue weighted by Crippen LogP contribution is 2.24. The molecule has 0 fully saturated rings. The zero-order chi connectivity index (χ0) is 10.6. The van der Waals surface area contributed by atoms with E-state index in [0.29, 0.717) is 6.61 Å². The molecule has 78 valence electrons. The molecular formula is C12H18O2. The molecule has 2 nitrogen and oxygen atoms in total. The van der Waals surface area contributed by atoms with Crippen LogP contribution in [-0.2, 0) is 0 Å². The Morgan fingerprint density at radius 2 is 2.07 bits per heavy atom. The Bertz CT molecular complexity index is 294. The van der Waals surface area contributed by atoms with Crippen molar-refractivity contribution in [3.8, 4) is 5.75 Å².